The van der Waals surface area contributed by atoms with E-state index in [0.29, 0.717) is 96.8 Å². The molecular formula is C60H32B3O12-3. The molecule has 3 atom stereocenters. The minimum Gasteiger partial charge on any atom is -0.609 e. The lowest BCUT2D eigenvalue weighted by molar-refractivity contribution is 0.222. The van der Waals surface area contributed by atoms with E-state index in [9.17, 15) is 0 Å². The predicted molar refractivity (Wildman–Crippen MR) is 285 cm³/mol. The van der Waals surface area contributed by atoms with Gasteiger partial charge in [-0.15, -0.1) is 0 Å². The molecule has 11 aromatic carbocycles. The van der Waals surface area contributed by atoms with Crippen LogP contribution in [0.25, 0.3) is 99.4 Å². The van der Waals surface area contributed by atoms with Gasteiger partial charge >= 0.3 is 20.9 Å². The molecule has 3 unspecified atom stereocenters. The molecule has 3 spiro atoms. The first-order chi connectivity index (χ1) is 36.9. The van der Waals surface area contributed by atoms with Crippen LogP contribution in [0.2, 0.25) is 0 Å². The quantitative estimate of drug-likeness (QED) is 0.135. The fourth-order valence-electron chi connectivity index (χ4n) is 13.0. The molecule has 356 valence electrons. The van der Waals surface area contributed by atoms with E-state index in [4.69, 9.17) is 55.9 Å². The van der Waals surface area contributed by atoms with E-state index in [2.05, 4.69) is 48.6 Å². The highest BCUT2D eigenvalue weighted by molar-refractivity contribution is 6.61. The number of hydrogen-bond acceptors (Lipinski definition) is 12. The molecule has 0 amide bonds. The zero-order valence-electron chi connectivity index (χ0n) is 39.2. The highest BCUT2D eigenvalue weighted by Crippen LogP contribution is 2.63. The van der Waals surface area contributed by atoms with Gasteiger partial charge < -0.3 is 55.9 Å². The van der Waals surface area contributed by atoms with Crippen LogP contribution in [0, 0.1) is 0 Å². The Morgan fingerprint density at radius 1 is 0.253 bits per heavy atom. The maximum atomic E-state index is 7.18. The molecule has 8 aliphatic rings. The predicted octanol–water partition coefficient (Wildman–Crippen LogP) is 12.2. The van der Waals surface area contributed by atoms with Crippen LogP contribution in [0.5, 0.6) is 69.0 Å². The van der Waals surface area contributed by atoms with E-state index in [-0.39, 0.29) is 0 Å². The van der Waals surface area contributed by atoms with Crippen LogP contribution in [0.3, 0.4) is 0 Å². The van der Waals surface area contributed by atoms with Crippen molar-refractivity contribution >= 4 is 86.9 Å². The molecule has 15 heteroatoms. The van der Waals surface area contributed by atoms with E-state index < -0.39 is 20.9 Å². The van der Waals surface area contributed by atoms with Gasteiger partial charge in [0.1, 0.15) is 69.0 Å². The number of rotatable bonds is 0. The first-order valence-corrected chi connectivity index (χ1v) is 25.3. The van der Waals surface area contributed by atoms with Gasteiger partial charge in [-0.1, -0.05) is 133 Å². The lowest BCUT2D eigenvalue weighted by Gasteiger charge is -2.28. The Morgan fingerprint density at radius 3 is 0.827 bits per heavy atom. The Hall–Kier alpha value is -9.75. The summed E-state index contributed by atoms with van der Waals surface area (Å²) in [6.45, 7) is -9.16. The Balaban J connectivity index is 0.937. The Labute approximate surface area is 424 Å². The summed E-state index contributed by atoms with van der Waals surface area (Å²) in [5.41, 5.74) is 4.18. The van der Waals surface area contributed by atoms with Gasteiger partial charge in [-0.2, -0.15) is 0 Å². The van der Waals surface area contributed by atoms with Gasteiger partial charge in [0.05, 0.1) is 0 Å². The monoisotopic (exact) mass is 977 g/mol. The molecule has 11 aromatic rings. The smallest absolute Gasteiger partial charge is 0.609 e. The minimum absolute atomic E-state index is 0.399. The summed E-state index contributed by atoms with van der Waals surface area (Å²) in [4.78, 5) is 0. The first kappa shape index (κ1) is 38.9. The van der Waals surface area contributed by atoms with Crippen LogP contribution < -0.4 is 66.3 Å². The van der Waals surface area contributed by atoms with Crippen LogP contribution >= 0.6 is 0 Å². The minimum atomic E-state index is -3.06. The van der Waals surface area contributed by atoms with E-state index in [1.54, 1.807) is 0 Å². The molecule has 0 N–H and O–H groups in total. The van der Waals surface area contributed by atoms with E-state index in [0.717, 1.165) is 82.7 Å². The molecule has 0 saturated heterocycles. The standard InChI is InChI=1S/C60H32B3O12/c1-7-19-37-31(13-1)25-43-55-49(37)50-38-20-8-2-14-32(38)26-44-56(50)71-62(66-44)67-46-28-34-16-5-11-23-41(34)53(58(46)73-62)54-42-24-12-6-18-36(42)30-48-60(54)75-63(69-48)68-47-29-35-17-4-10-22-40(35)52(59(47)74-63)51-39-21-9-3-15-33(39)27-45-57(51)72-61(64-43,65-45)70-55/h1-5,7-11,13-30H,6,12H2/q-3. The first-order valence-electron chi connectivity index (χ1n) is 25.3. The summed E-state index contributed by atoms with van der Waals surface area (Å²) in [7, 11) is 0. The lowest BCUT2D eigenvalue weighted by Crippen LogP contribution is -2.54. The van der Waals surface area contributed by atoms with Crippen LogP contribution in [0.15, 0.2) is 158 Å². The molecule has 7 heterocycles. The van der Waals surface area contributed by atoms with Gasteiger partial charge in [0.25, 0.3) is 0 Å². The van der Waals surface area contributed by atoms with Crippen LogP contribution in [-0.4, -0.2) is 20.9 Å². The van der Waals surface area contributed by atoms with Gasteiger partial charge in [0.15, 0.2) is 0 Å². The second kappa shape index (κ2) is 13.1. The van der Waals surface area contributed by atoms with Crippen molar-refractivity contribution in [2.45, 2.75) is 12.8 Å². The average Bonchev–Trinajstić information content (AvgIpc) is 4.47. The van der Waals surface area contributed by atoms with Gasteiger partial charge in [0.2, 0.25) is 0 Å². The van der Waals surface area contributed by atoms with Crippen molar-refractivity contribution in [1.29, 1.82) is 0 Å². The third-order valence-corrected chi connectivity index (χ3v) is 16.0. The molecular weight excluding hydrogens is 945 g/mol. The van der Waals surface area contributed by atoms with Crippen molar-refractivity contribution in [2.24, 2.45) is 0 Å². The third kappa shape index (κ3) is 4.95. The summed E-state index contributed by atoms with van der Waals surface area (Å²) < 4.78 is 84.8. The van der Waals surface area contributed by atoms with Gasteiger partial charge in [0, 0.05) is 33.4 Å². The average molecular weight is 977 g/mol. The van der Waals surface area contributed by atoms with E-state index >= 15 is 0 Å². The topological polar surface area (TPSA) is 111 Å². The van der Waals surface area contributed by atoms with Crippen molar-refractivity contribution < 1.29 is 55.9 Å². The summed E-state index contributed by atoms with van der Waals surface area (Å²) in [6, 6.07) is 52.4. The maximum absolute atomic E-state index is 7.18. The molecule has 75 heavy (non-hydrogen) atoms. The summed E-state index contributed by atoms with van der Waals surface area (Å²) in [5.74, 6) is 5.01. The largest absolute Gasteiger partial charge is 0.777 e. The van der Waals surface area contributed by atoms with Gasteiger partial charge in [-0.05, 0) is 114 Å². The highest BCUT2D eigenvalue weighted by Gasteiger charge is 2.58. The molecule has 12 nitrogen and oxygen atoms in total. The number of fused-ring (bicyclic) bond motifs is 15. The Morgan fingerprint density at radius 2 is 0.507 bits per heavy atom. The second-order valence-corrected chi connectivity index (χ2v) is 20.2. The molecule has 7 aliphatic heterocycles. The summed E-state index contributed by atoms with van der Waals surface area (Å²) in [5, 5.41) is 10.7. The van der Waals surface area contributed by atoms with E-state index in [1.165, 1.54) is 0 Å². The Bertz CT molecular complexity index is 4740. The SMILES string of the molecule is C1=c2cc3c4c(c2=CCC1)-c1c2c(cc5ccccc15)O[B-]1(Oc5cc6ccccc6c(c5O1)-c1c5c(cc6ccccc16)O[B-]1(Oc6cc7ccccc7c(c6O1)-c1c6c(cc7ccccc17)O[B-](O3)(O4)O6)O5)O2. The molecule has 0 fully saturated rings. The van der Waals surface area contributed by atoms with Crippen molar-refractivity contribution in [3.05, 3.63) is 168 Å². The van der Waals surface area contributed by atoms with Crippen LogP contribution in [0.1, 0.15) is 12.8 Å². The molecule has 0 radical (unpaired) electrons. The highest BCUT2D eigenvalue weighted by atomic mass is 16.9. The molecule has 0 aromatic heterocycles. The second-order valence-electron chi connectivity index (χ2n) is 20.2. The van der Waals surface area contributed by atoms with E-state index in [1.807, 2.05) is 121 Å². The maximum Gasteiger partial charge on any atom is 0.777 e. The zero-order chi connectivity index (χ0) is 48.5. The van der Waals surface area contributed by atoms with Crippen LogP contribution in [-0.2, 0) is 0 Å². The van der Waals surface area contributed by atoms with Crippen LogP contribution in [0.4, 0.5) is 0 Å². The summed E-state index contributed by atoms with van der Waals surface area (Å²) in [6.07, 6.45) is 6.10. The van der Waals surface area contributed by atoms with Crippen molar-refractivity contribution in [2.75, 3.05) is 0 Å². The van der Waals surface area contributed by atoms with Crippen molar-refractivity contribution in [1.82, 2.24) is 0 Å². The number of benzene rings is 11. The van der Waals surface area contributed by atoms with Gasteiger partial charge in [-0.3, -0.25) is 0 Å². The fourth-order valence-corrected chi connectivity index (χ4v) is 13.0. The number of hydrogen-bond donors (Lipinski definition) is 0. The molecule has 9 bridgehead atoms. The van der Waals surface area contributed by atoms with Crippen molar-refractivity contribution in [3.63, 3.8) is 0 Å². The summed E-state index contributed by atoms with van der Waals surface area (Å²) >= 11 is 0. The normalized spacial score (nSPS) is 21.3. The Kier molecular flexibility index (Phi) is 6.77. The third-order valence-electron chi connectivity index (χ3n) is 16.0. The molecule has 1 aliphatic carbocycles. The zero-order valence-corrected chi connectivity index (χ0v) is 39.2. The fraction of sp³-hybridized carbons (Fsp3) is 0.0333. The lowest BCUT2D eigenvalue weighted by atomic mass is 9.91. The molecule has 0 saturated carbocycles. The van der Waals surface area contributed by atoms with Gasteiger partial charge in [-0.25, -0.2) is 0 Å². The van der Waals surface area contributed by atoms with Crippen molar-refractivity contribution in [3.8, 4) is 102 Å². The molecule has 19 rings (SSSR count).